The smallest absolute Gasteiger partial charge is 0.258 e. The zero-order valence-electron chi connectivity index (χ0n) is 12.5. The molecule has 22 heavy (non-hydrogen) atoms. The maximum Gasteiger partial charge on any atom is 0.288 e. The van der Waals surface area contributed by atoms with E-state index in [0.29, 0.717) is 11.5 Å². The summed E-state index contributed by atoms with van der Waals surface area (Å²) in [5.41, 5.74) is 2.62. The van der Waals surface area contributed by atoms with E-state index < -0.39 is 4.92 Å². The number of aliphatic imine (C=N–C) groups is 1. The molecule has 2 rings (SSSR count). The van der Waals surface area contributed by atoms with Crippen molar-refractivity contribution >= 4 is 29.2 Å². The Bertz CT molecular complexity index is 696. The summed E-state index contributed by atoms with van der Waals surface area (Å²) in [7, 11) is 0. The molecule has 114 valence electrons. The summed E-state index contributed by atoms with van der Waals surface area (Å²) in [6.07, 6.45) is 2.69. The SMILES string of the molecule is CCC(C)c1ccc(N=Cc2ccc(Cl)c([N+](=O)[O-])c2)cc1. The zero-order chi connectivity index (χ0) is 16.1. The topological polar surface area (TPSA) is 55.5 Å². The Morgan fingerprint density at radius 1 is 1.27 bits per heavy atom. The van der Waals surface area contributed by atoms with Crippen molar-refractivity contribution in [2.24, 2.45) is 4.99 Å². The molecule has 2 aromatic rings. The van der Waals surface area contributed by atoms with Crippen molar-refractivity contribution < 1.29 is 4.92 Å². The molecule has 1 atom stereocenters. The van der Waals surface area contributed by atoms with E-state index in [4.69, 9.17) is 11.6 Å². The van der Waals surface area contributed by atoms with Crippen LogP contribution in [0.25, 0.3) is 0 Å². The van der Waals surface area contributed by atoms with Gasteiger partial charge in [-0.3, -0.25) is 15.1 Å². The van der Waals surface area contributed by atoms with Crippen LogP contribution in [0.2, 0.25) is 5.02 Å². The van der Waals surface area contributed by atoms with Crippen LogP contribution >= 0.6 is 11.6 Å². The van der Waals surface area contributed by atoms with E-state index in [9.17, 15) is 10.1 Å². The van der Waals surface area contributed by atoms with Gasteiger partial charge >= 0.3 is 0 Å². The molecule has 0 aliphatic carbocycles. The zero-order valence-corrected chi connectivity index (χ0v) is 13.2. The van der Waals surface area contributed by atoms with Gasteiger partial charge in [-0.2, -0.15) is 0 Å². The predicted octanol–water partition coefficient (Wildman–Crippen LogP) is 5.51. The minimum atomic E-state index is -0.499. The van der Waals surface area contributed by atoms with Crippen molar-refractivity contribution in [3.63, 3.8) is 0 Å². The Kier molecular flexibility index (Phi) is 5.28. The first-order valence-electron chi connectivity index (χ1n) is 7.09. The Morgan fingerprint density at radius 3 is 2.55 bits per heavy atom. The lowest BCUT2D eigenvalue weighted by atomic mass is 9.99. The van der Waals surface area contributed by atoms with Gasteiger partial charge in [0.25, 0.3) is 5.69 Å². The molecule has 0 heterocycles. The number of hydrogen-bond donors (Lipinski definition) is 0. The standard InChI is InChI=1S/C17H17ClN2O2/c1-3-12(2)14-5-7-15(8-6-14)19-11-13-4-9-16(18)17(10-13)20(21)22/h4-12H,3H2,1-2H3. The molecule has 0 saturated carbocycles. The second-order valence-corrected chi connectivity index (χ2v) is 5.53. The molecule has 0 bridgehead atoms. The predicted molar refractivity (Wildman–Crippen MR) is 90.5 cm³/mol. The number of nitro groups is 1. The number of rotatable bonds is 5. The van der Waals surface area contributed by atoms with Crippen LogP contribution in [0.5, 0.6) is 0 Å². The van der Waals surface area contributed by atoms with Crippen molar-refractivity contribution in [1.82, 2.24) is 0 Å². The van der Waals surface area contributed by atoms with Gasteiger partial charge in [-0.25, -0.2) is 0 Å². The lowest BCUT2D eigenvalue weighted by Crippen LogP contribution is -1.91. The largest absolute Gasteiger partial charge is 0.288 e. The second kappa shape index (κ2) is 7.18. The molecular formula is C17H17ClN2O2. The monoisotopic (exact) mass is 316 g/mol. The van der Waals surface area contributed by atoms with E-state index >= 15 is 0 Å². The summed E-state index contributed by atoms with van der Waals surface area (Å²) < 4.78 is 0. The summed E-state index contributed by atoms with van der Waals surface area (Å²) in [6, 6.07) is 12.6. The molecular weight excluding hydrogens is 300 g/mol. The lowest BCUT2D eigenvalue weighted by Gasteiger charge is -2.08. The summed E-state index contributed by atoms with van der Waals surface area (Å²) >= 11 is 5.78. The van der Waals surface area contributed by atoms with Crippen molar-refractivity contribution in [2.75, 3.05) is 0 Å². The highest BCUT2D eigenvalue weighted by atomic mass is 35.5. The van der Waals surface area contributed by atoms with E-state index in [-0.39, 0.29) is 10.7 Å². The van der Waals surface area contributed by atoms with Crippen molar-refractivity contribution in [3.8, 4) is 0 Å². The fraction of sp³-hybridized carbons (Fsp3) is 0.235. The minimum absolute atomic E-state index is 0.113. The van der Waals surface area contributed by atoms with Gasteiger partial charge in [-0.1, -0.05) is 43.6 Å². The molecule has 0 saturated heterocycles. The maximum absolute atomic E-state index is 10.9. The molecule has 0 spiro atoms. The quantitative estimate of drug-likeness (QED) is 0.414. The van der Waals surface area contributed by atoms with Gasteiger partial charge in [-0.05, 0) is 41.7 Å². The third-order valence-corrected chi connectivity index (χ3v) is 3.92. The third-order valence-electron chi connectivity index (χ3n) is 3.60. The fourth-order valence-electron chi connectivity index (χ4n) is 2.02. The molecule has 0 aromatic heterocycles. The molecule has 0 fully saturated rings. The van der Waals surface area contributed by atoms with Crippen LogP contribution in [-0.4, -0.2) is 11.1 Å². The number of benzene rings is 2. The van der Waals surface area contributed by atoms with Crippen LogP contribution in [0.3, 0.4) is 0 Å². The van der Waals surface area contributed by atoms with E-state index in [1.807, 2.05) is 12.1 Å². The van der Waals surface area contributed by atoms with E-state index in [1.165, 1.54) is 17.7 Å². The van der Waals surface area contributed by atoms with Gasteiger partial charge in [0, 0.05) is 12.3 Å². The van der Waals surface area contributed by atoms with Crippen molar-refractivity contribution in [1.29, 1.82) is 0 Å². The lowest BCUT2D eigenvalue weighted by molar-refractivity contribution is -0.384. The van der Waals surface area contributed by atoms with E-state index in [1.54, 1.807) is 12.3 Å². The Morgan fingerprint density at radius 2 is 1.95 bits per heavy atom. The second-order valence-electron chi connectivity index (χ2n) is 5.13. The number of halogens is 1. The molecule has 2 aromatic carbocycles. The average molecular weight is 317 g/mol. The van der Waals surface area contributed by atoms with Crippen molar-refractivity contribution in [2.45, 2.75) is 26.2 Å². The first-order valence-corrected chi connectivity index (χ1v) is 7.47. The molecule has 0 aliphatic rings. The molecule has 4 nitrogen and oxygen atoms in total. The molecule has 0 radical (unpaired) electrons. The van der Waals surface area contributed by atoms with Gasteiger partial charge < -0.3 is 0 Å². The van der Waals surface area contributed by atoms with Gasteiger partial charge in [0.2, 0.25) is 0 Å². The number of nitro benzene ring substituents is 1. The summed E-state index contributed by atoms with van der Waals surface area (Å²) in [5, 5.41) is 11.0. The van der Waals surface area contributed by atoms with Crippen LogP contribution in [0.1, 0.15) is 37.3 Å². The van der Waals surface area contributed by atoms with Crippen LogP contribution in [0.4, 0.5) is 11.4 Å². The van der Waals surface area contributed by atoms with E-state index in [0.717, 1.165) is 12.1 Å². The van der Waals surface area contributed by atoms with Crippen LogP contribution in [-0.2, 0) is 0 Å². The van der Waals surface area contributed by atoms with Gasteiger partial charge in [0.15, 0.2) is 0 Å². The number of hydrogen-bond acceptors (Lipinski definition) is 3. The molecule has 0 N–H and O–H groups in total. The van der Waals surface area contributed by atoms with Crippen LogP contribution in [0.15, 0.2) is 47.5 Å². The van der Waals surface area contributed by atoms with Crippen LogP contribution < -0.4 is 0 Å². The first-order chi connectivity index (χ1) is 10.5. The normalized spacial score (nSPS) is 12.5. The van der Waals surface area contributed by atoms with Gasteiger partial charge in [-0.15, -0.1) is 0 Å². The Balaban J connectivity index is 2.18. The maximum atomic E-state index is 10.9. The van der Waals surface area contributed by atoms with Gasteiger partial charge in [0.1, 0.15) is 5.02 Å². The van der Waals surface area contributed by atoms with Crippen molar-refractivity contribution in [3.05, 3.63) is 68.7 Å². The average Bonchev–Trinajstić information content (AvgIpc) is 2.53. The van der Waals surface area contributed by atoms with Gasteiger partial charge in [0.05, 0.1) is 10.6 Å². The third kappa shape index (κ3) is 3.92. The molecule has 0 aliphatic heterocycles. The Labute approximate surface area is 134 Å². The van der Waals surface area contributed by atoms with Crippen LogP contribution in [0, 0.1) is 10.1 Å². The number of nitrogens with zero attached hydrogens (tertiary/aromatic N) is 2. The summed E-state index contributed by atoms with van der Waals surface area (Å²) in [6.45, 7) is 4.34. The fourth-order valence-corrected chi connectivity index (χ4v) is 2.21. The highest BCUT2D eigenvalue weighted by Gasteiger charge is 2.11. The summed E-state index contributed by atoms with van der Waals surface area (Å²) in [4.78, 5) is 14.7. The molecule has 1 unspecified atom stereocenters. The van der Waals surface area contributed by atoms with E-state index in [2.05, 4.69) is 31.0 Å². The Hall–Kier alpha value is -2.20. The highest BCUT2D eigenvalue weighted by Crippen LogP contribution is 2.25. The summed E-state index contributed by atoms with van der Waals surface area (Å²) in [5.74, 6) is 0.525. The first kappa shape index (κ1) is 16.2. The molecule has 0 amide bonds. The highest BCUT2D eigenvalue weighted by molar-refractivity contribution is 6.32. The minimum Gasteiger partial charge on any atom is -0.258 e. The molecule has 5 heteroatoms.